The number of benzene rings is 1. The lowest BCUT2D eigenvalue weighted by atomic mass is 10.1. The van der Waals surface area contributed by atoms with Crippen LogP contribution in [0, 0.1) is 11.7 Å². The van der Waals surface area contributed by atoms with Crippen molar-refractivity contribution in [1.82, 2.24) is 9.62 Å². The number of nitrogens with zero attached hydrogens (tertiary/aromatic N) is 1. The van der Waals surface area contributed by atoms with Crippen molar-refractivity contribution in [2.75, 3.05) is 19.6 Å². The fourth-order valence-electron chi connectivity index (χ4n) is 2.78. The van der Waals surface area contributed by atoms with Gasteiger partial charge in [-0.15, -0.1) is 12.4 Å². The van der Waals surface area contributed by atoms with E-state index in [-0.39, 0.29) is 17.3 Å². The van der Waals surface area contributed by atoms with Crippen LogP contribution >= 0.6 is 28.3 Å². The molecule has 2 aliphatic rings. The Balaban J connectivity index is 0.00000192. The molecule has 23 heavy (non-hydrogen) atoms. The molecule has 0 amide bonds. The van der Waals surface area contributed by atoms with Crippen LogP contribution in [0.3, 0.4) is 0 Å². The van der Waals surface area contributed by atoms with Gasteiger partial charge in [0.2, 0.25) is 10.0 Å². The number of piperidine rings is 1. The monoisotopic (exact) mass is 426 g/mol. The lowest BCUT2D eigenvalue weighted by Gasteiger charge is -2.31. The Morgan fingerprint density at radius 3 is 2.43 bits per heavy atom. The molecule has 1 N–H and O–H groups in total. The first kappa shape index (κ1) is 19.1. The van der Waals surface area contributed by atoms with Crippen molar-refractivity contribution in [3.05, 3.63) is 28.5 Å². The molecule has 1 aromatic rings. The van der Waals surface area contributed by atoms with E-state index in [0.717, 1.165) is 25.3 Å². The van der Waals surface area contributed by atoms with Gasteiger partial charge in [0.05, 0.1) is 0 Å². The normalized spacial score (nSPS) is 20.3. The third-order valence-corrected chi connectivity index (χ3v) is 6.78. The molecular weight excluding hydrogens is 407 g/mol. The van der Waals surface area contributed by atoms with Gasteiger partial charge in [-0.2, -0.15) is 4.31 Å². The third kappa shape index (κ3) is 4.66. The summed E-state index contributed by atoms with van der Waals surface area (Å²) in [4.78, 5) is -0.236. The molecule has 1 aromatic carbocycles. The standard InChI is InChI=1S/C15H20BrFN2O2S.ClH/c16-12-3-4-15(14(17)9-12)22(20,21)19-7-5-13(6-8-19)18-10-11-1-2-11;/h3-4,9,11,13,18H,1-2,5-8,10H2;1H. The Labute approximate surface area is 151 Å². The molecule has 0 aromatic heterocycles. The number of hydrogen-bond acceptors (Lipinski definition) is 3. The van der Waals surface area contributed by atoms with Gasteiger partial charge in [0, 0.05) is 23.6 Å². The van der Waals surface area contributed by atoms with E-state index in [4.69, 9.17) is 0 Å². The number of nitrogens with one attached hydrogen (secondary N) is 1. The Hall–Kier alpha value is -0.210. The molecule has 1 aliphatic carbocycles. The van der Waals surface area contributed by atoms with Crippen LogP contribution in [0.5, 0.6) is 0 Å². The Bertz CT molecular complexity index is 647. The fraction of sp³-hybridized carbons (Fsp3) is 0.600. The fourth-order valence-corrected chi connectivity index (χ4v) is 4.63. The molecule has 1 saturated carbocycles. The second kappa shape index (κ2) is 7.78. The van der Waals surface area contributed by atoms with Crippen LogP contribution in [-0.4, -0.2) is 38.4 Å². The highest BCUT2D eigenvalue weighted by atomic mass is 79.9. The maximum absolute atomic E-state index is 13.9. The van der Waals surface area contributed by atoms with Crippen LogP contribution in [0.1, 0.15) is 25.7 Å². The summed E-state index contributed by atoms with van der Waals surface area (Å²) < 4.78 is 41.0. The van der Waals surface area contributed by atoms with E-state index in [9.17, 15) is 12.8 Å². The summed E-state index contributed by atoms with van der Waals surface area (Å²) in [6.45, 7) is 1.93. The summed E-state index contributed by atoms with van der Waals surface area (Å²) in [7, 11) is -3.74. The van der Waals surface area contributed by atoms with Crippen LogP contribution in [0.25, 0.3) is 0 Å². The van der Waals surface area contributed by atoms with Gasteiger partial charge in [0.15, 0.2) is 0 Å². The van der Waals surface area contributed by atoms with Gasteiger partial charge in [-0.3, -0.25) is 0 Å². The Morgan fingerprint density at radius 2 is 1.87 bits per heavy atom. The number of hydrogen-bond donors (Lipinski definition) is 1. The molecule has 0 bridgehead atoms. The van der Waals surface area contributed by atoms with Crippen LogP contribution in [-0.2, 0) is 10.0 Å². The first-order valence-electron chi connectivity index (χ1n) is 7.65. The van der Waals surface area contributed by atoms with Crippen LogP contribution in [0.15, 0.2) is 27.6 Å². The molecule has 3 rings (SSSR count). The summed E-state index contributed by atoms with van der Waals surface area (Å²) in [6, 6.07) is 4.45. The van der Waals surface area contributed by atoms with Crippen molar-refractivity contribution in [2.24, 2.45) is 5.92 Å². The van der Waals surface area contributed by atoms with Crippen molar-refractivity contribution in [3.8, 4) is 0 Å². The topological polar surface area (TPSA) is 49.4 Å². The zero-order valence-electron chi connectivity index (χ0n) is 12.7. The summed E-state index contributed by atoms with van der Waals surface area (Å²) in [5, 5.41) is 3.51. The average molecular weight is 428 g/mol. The van der Waals surface area contributed by atoms with E-state index in [2.05, 4.69) is 21.2 Å². The first-order chi connectivity index (χ1) is 10.5. The molecule has 0 spiro atoms. The average Bonchev–Trinajstić information content (AvgIpc) is 3.29. The van der Waals surface area contributed by atoms with Gasteiger partial charge < -0.3 is 5.32 Å². The van der Waals surface area contributed by atoms with E-state index < -0.39 is 15.8 Å². The molecule has 2 fully saturated rings. The zero-order chi connectivity index (χ0) is 15.7. The van der Waals surface area contributed by atoms with Crippen molar-refractivity contribution in [2.45, 2.75) is 36.6 Å². The molecule has 0 unspecified atom stereocenters. The smallest absolute Gasteiger partial charge is 0.245 e. The summed E-state index contributed by atoms with van der Waals surface area (Å²) in [5.41, 5.74) is 0. The lowest BCUT2D eigenvalue weighted by molar-refractivity contribution is 0.287. The Kier molecular flexibility index (Phi) is 6.47. The maximum atomic E-state index is 13.9. The van der Waals surface area contributed by atoms with Gasteiger partial charge in [-0.1, -0.05) is 15.9 Å². The first-order valence-corrected chi connectivity index (χ1v) is 9.89. The minimum absolute atomic E-state index is 0. The molecule has 1 aliphatic heterocycles. The third-order valence-electron chi connectivity index (χ3n) is 4.36. The molecule has 1 heterocycles. The van der Waals surface area contributed by atoms with Gasteiger partial charge in [-0.05, 0) is 56.3 Å². The van der Waals surface area contributed by atoms with Gasteiger partial charge in [0.25, 0.3) is 0 Å². The van der Waals surface area contributed by atoms with Crippen molar-refractivity contribution < 1.29 is 12.8 Å². The molecule has 0 radical (unpaired) electrons. The van der Waals surface area contributed by atoms with E-state index in [0.29, 0.717) is 23.6 Å². The van der Waals surface area contributed by atoms with Gasteiger partial charge in [0.1, 0.15) is 10.7 Å². The van der Waals surface area contributed by atoms with Crippen molar-refractivity contribution >= 4 is 38.4 Å². The van der Waals surface area contributed by atoms with Crippen molar-refractivity contribution in [3.63, 3.8) is 0 Å². The zero-order valence-corrected chi connectivity index (χ0v) is 15.9. The van der Waals surface area contributed by atoms with Crippen LogP contribution in [0.2, 0.25) is 0 Å². The largest absolute Gasteiger partial charge is 0.314 e. The number of sulfonamides is 1. The lowest BCUT2D eigenvalue weighted by Crippen LogP contribution is -2.45. The van der Waals surface area contributed by atoms with Crippen LogP contribution in [0.4, 0.5) is 4.39 Å². The molecular formula is C15H21BrClFN2O2S. The van der Waals surface area contributed by atoms with Crippen molar-refractivity contribution in [1.29, 1.82) is 0 Å². The summed E-state index contributed by atoms with van der Waals surface area (Å²) >= 11 is 3.14. The quantitative estimate of drug-likeness (QED) is 0.785. The summed E-state index contributed by atoms with van der Waals surface area (Å²) in [6.07, 6.45) is 4.18. The van der Waals surface area contributed by atoms with Crippen LogP contribution < -0.4 is 5.32 Å². The second-order valence-corrected chi connectivity index (χ2v) is 8.93. The van der Waals surface area contributed by atoms with E-state index in [1.807, 2.05) is 0 Å². The Morgan fingerprint density at radius 1 is 1.22 bits per heavy atom. The molecule has 1 saturated heterocycles. The van der Waals surface area contributed by atoms with Gasteiger partial charge >= 0.3 is 0 Å². The minimum atomic E-state index is -3.74. The molecule has 0 atom stereocenters. The SMILES string of the molecule is Cl.O=S(=O)(c1ccc(Br)cc1F)N1CCC(NCC2CC2)CC1. The highest BCUT2D eigenvalue weighted by molar-refractivity contribution is 9.10. The summed E-state index contributed by atoms with van der Waals surface area (Å²) in [5.74, 6) is 0.113. The van der Waals surface area contributed by atoms with Gasteiger partial charge in [-0.25, -0.2) is 12.8 Å². The van der Waals surface area contributed by atoms with E-state index >= 15 is 0 Å². The van der Waals surface area contributed by atoms with E-state index in [1.54, 1.807) is 6.07 Å². The minimum Gasteiger partial charge on any atom is -0.314 e. The second-order valence-electron chi connectivity index (χ2n) is 6.10. The predicted molar refractivity (Wildman–Crippen MR) is 93.9 cm³/mol. The maximum Gasteiger partial charge on any atom is 0.245 e. The van der Waals surface area contributed by atoms with E-state index in [1.165, 1.54) is 29.3 Å². The predicted octanol–water partition coefficient (Wildman–Crippen LogP) is 3.16. The number of halogens is 3. The highest BCUT2D eigenvalue weighted by Crippen LogP contribution is 2.29. The molecule has 130 valence electrons. The highest BCUT2D eigenvalue weighted by Gasteiger charge is 2.32. The molecule has 4 nitrogen and oxygen atoms in total. The number of rotatable bonds is 5. The molecule has 8 heteroatoms.